The molecule has 0 radical (unpaired) electrons. The molecule has 1 saturated carbocycles. The molecule has 38 heavy (non-hydrogen) atoms. The van der Waals surface area contributed by atoms with E-state index in [0.29, 0.717) is 23.0 Å². The number of hydrogen-bond donors (Lipinski definition) is 1. The second-order valence-corrected chi connectivity index (χ2v) is 10.5. The van der Waals surface area contributed by atoms with Crippen molar-refractivity contribution in [3.8, 4) is 22.6 Å². The van der Waals surface area contributed by atoms with E-state index < -0.39 is 5.97 Å². The highest BCUT2D eigenvalue weighted by Gasteiger charge is 2.23. The molecule has 2 aromatic carbocycles. The van der Waals surface area contributed by atoms with Crippen molar-refractivity contribution in [3.05, 3.63) is 59.7 Å². The highest BCUT2D eigenvalue weighted by Crippen LogP contribution is 2.40. The number of carbonyl (C=O) groups excluding carboxylic acids is 1. The van der Waals surface area contributed by atoms with Gasteiger partial charge in [0.2, 0.25) is 0 Å². The molecule has 2 aromatic rings. The summed E-state index contributed by atoms with van der Waals surface area (Å²) in [7, 11) is 0. The van der Waals surface area contributed by atoms with Crippen LogP contribution in [0.15, 0.2) is 48.6 Å². The zero-order valence-electron chi connectivity index (χ0n) is 23.6. The molecular formula is C33H46O5. The number of esters is 1. The van der Waals surface area contributed by atoms with Crippen molar-refractivity contribution < 1.29 is 24.1 Å². The topological polar surface area (TPSA) is 65.0 Å². The second-order valence-electron chi connectivity index (χ2n) is 10.5. The van der Waals surface area contributed by atoms with Crippen LogP contribution < -0.4 is 9.47 Å². The van der Waals surface area contributed by atoms with E-state index in [1.54, 1.807) is 6.92 Å². The Hall–Kier alpha value is -2.79. The molecule has 0 atom stereocenters. The molecule has 0 spiro atoms. The third-order valence-corrected chi connectivity index (χ3v) is 7.57. The molecule has 5 nitrogen and oxygen atoms in total. The van der Waals surface area contributed by atoms with E-state index in [1.165, 1.54) is 68.1 Å². The Kier molecular flexibility index (Phi) is 12.2. The van der Waals surface area contributed by atoms with Gasteiger partial charge in [0.25, 0.3) is 0 Å². The van der Waals surface area contributed by atoms with Crippen LogP contribution in [-0.4, -0.2) is 37.5 Å². The summed E-state index contributed by atoms with van der Waals surface area (Å²) in [5.74, 6) is 2.26. The summed E-state index contributed by atoms with van der Waals surface area (Å²) in [4.78, 5) is 11.7. The minimum absolute atomic E-state index is 0.0838. The van der Waals surface area contributed by atoms with Gasteiger partial charge in [0.1, 0.15) is 19.8 Å². The molecule has 0 unspecified atom stereocenters. The SMILES string of the molecule is C=C(C)C(=O)OCCOc1cc(-c2ccc(C3CCC(CCCCC)CC3)cc2CC)ccc1OCCO. The van der Waals surface area contributed by atoms with E-state index in [0.717, 1.165) is 17.9 Å². The normalized spacial score (nSPS) is 17.2. The molecule has 5 heteroatoms. The van der Waals surface area contributed by atoms with Crippen LogP contribution in [0.25, 0.3) is 11.1 Å². The van der Waals surface area contributed by atoms with Crippen LogP contribution in [0.1, 0.15) is 89.2 Å². The van der Waals surface area contributed by atoms with E-state index >= 15 is 0 Å². The number of carbonyl (C=O) groups is 1. The van der Waals surface area contributed by atoms with Gasteiger partial charge in [0, 0.05) is 5.57 Å². The first kappa shape index (κ1) is 29.8. The predicted molar refractivity (Wildman–Crippen MR) is 154 cm³/mol. The maximum Gasteiger partial charge on any atom is 0.333 e. The summed E-state index contributed by atoms with van der Waals surface area (Å²) in [6.45, 7) is 10.1. The number of aryl methyl sites for hydroxylation is 1. The van der Waals surface area contributed by atoms with E-state index in [1.807, 2.05) is 18.2 Å². The number of hydrogen-bond acceptors (Lipinski definition) is 5. The molecule has 0 aliphatic heterocycles. The van der Waals surface area contributed by atoms with Crippen LogP contribution in [0, 0.1) is 5.92 Å². The van der Waals surface area contributed by atoms with E-state index in [9.17, 15) is 9.90 Å². The Bertz CT molecular complexity index is 1040. The first-order chi connectivity index (χ1) is 18.5. The molecule has 208 valence electrons. The Labute approximate surface area is 229 Å². The second kappa shape index (κ2) is 15.6. The summed E-state index contributed by atoms with van der Waals surface area (Å²) >= 11 is 0. The van der Waals surface area contributed by atoms with Gasteiger partial charge in [-0.05, 0) is 85.3 Å². The van der Waals surface area contributed by atoms with Gasteiger partial charge >= 0.3 is 5.97 Å². The Balaban J connectivity index is 1.72. The minimum atomic E-state index is -0.434. The molecule has 1 N–H and O–H groups in total. The lowest BCUT2D eigenvalue weighted by Gasteiger charge is -2.29. The summed E-state index contributed by atoms with van der Waals surface area (Å²) < 4.78 is 16.8. The largest absolute Gasteiger partial charge is 0.487 e. The number of aliphatic hydroxyl groups excluding tert-OH is 1. The third kappa shape index (κ3) is 8.62. The quantitative estimate of drug-likeness (QED) is 0.148. The van der Waals surface area contributed by atoms with Gasteiger partial charge < -0.3 is 19.3 Å². The van der Waals surface area contributed by atoms with E-state index in [2.05, 4.69) is 38.6 Å². The predicted octanol–water partition coefficient (Wildman–Crippen LogP) is 7.64. The number of rotatable bonds is 15. The third-order valence-electron chi connectivity index (χ3n) is 7.57. The molecule has 3 rings (SSSR count). The van der Waals surface area contributed by atoms with Crippen molar-refractivity contribution in [1.82, 2.24) is 0 Å². The molecule has 1 aliphatic rings. The lowest BCUT2D eigenvalue weighted by Crippen LogP contribution is -2.13. The maximum atomic E-state index is 11.7. The number of benzene rings is 2. The maximum absolute atomic E-state index is 11.7. The fraction of sp³-hybridized carbons (Fsp3) is 0.545. The molecule has 0 bridgehead atoms. The molecule has 0 amide bonds. The fourth-order valence-corrected chi connectivity index (χ4v) is 5.38. The van der Waals surface area contributed by atoms with Crippen LogP contribution in [0.3, 0.4) is 0 Å². The van der Waals surface area contributed by atoms with Gasteiger partial charge in [0.05, 0.1) is 6.61 Å². The van der Waals surface area contributed by atoms with Crippen molar-refractivity contribution >= 4 is 5.97 Å². The zero-order valence-corrected chi connectivity index (χ0v) is 23.6. The number of aliphatic hydroxyl groups is 1. The van der Waals surface area contributed by atoms with Crippen LogP contribution in [0.2, 0.25) is 0 Å². The molecule has 1 fully saturated rings. The van der Waals surface area contributed by atoms with E-state index in [4.69, 9.17) is 14.2 Å². The Morgan fingerprint density at radius 2 is 1.71 bits per heavy atom. The minimum Gasteiger partial charge on any atom is -0.487 e. The van der Waals surface area contributed by atoms with Crippen molar-refractivity contribution in [2.75, 3.05) is 26.4 Å². The van der Waals surface area contributed by atoms with Gasteiger partial charge in [-0.15, -0.1) is 0 Å². The summed E-state index contributed by atoms with van der Waals surface area (Å²) in [5.41, 5.74) is 5.40. The van der Waals surface area contributed by atoms with Gasteiger partial charge in [-0.2, -0.15) is 0 Å². The average Bonchev–Trinajstić information content (AvgIpc) is 2.94. The smallest absolute Gasteiger partial charge is 0.333 e. The fourth-order valence-electron chi connectivity index (χ4n) is 5.38. The van der Waals surface area contributed by atoms with Gasteiger partial charge in [-0.25, -0.2) is 4.79 Å². The van der Waals surface area contributed by atoms with Crippen molar-refractivity contribution in [1.29, 1.82) is 0 Å². The Morgan fingerprint density at radius 1 is 0.947 bits per heavy atom. The van der Waals surface area contributed by atoms with Gasteiger partial charge in [-0.1, -0.05) is 70.4 Å². The highest BCUT2D eigenvalue weighted by atomic mass is 16.6. The molecular weight excluding hydrogens is 476 g/mol. The molecule has 0 saturated heterocycles. The summed E-state index contributed by atoms with van der Waals surface area (Å²) in [6.07, 6.45) is 11.7. The van der Waals surface area contributed by atoms with Gasteiger partial charge in [0.15, 0.2) is 11.5 Å². The van der Waals surface area contributed by atoms with Crippen molar-refractivity contribution in [2.45, 2.75) is 84.5 Å². The summed E-state index contributed by atoms with van der Waals surface area (Å²) in [5, 5.41) is 9.21. The molecule has 0 aromatic heterocycles. The molecule has 1 aliphatic carbocycles. The van der Waals surface area contributed by atoms with Crippen LogP contribution in [0.5, 0.6) is 11.5 Å². The van der Waals surface area contributed by atoms with Gasteiger partial charge in [-0.3, -0.25) is 0 Å². The Morgan fingerprint density at radius 3 is 2.39 bits per heavy atom. The average molecular weight is 523 g/mol. The van der Waals surface area contributed by atoms with Crippen molar-refractivity contribution in [3.63, 3.8) is 0 Å². The van der Waals surface area contributed by atoms with Crippen LogP contribution >= 0.6 is 0 Å². The number of unbranched alkanes of at least 4 members (excludes halogenated alkanes) is 2. The highest BCUT2D eigenvalue weighted by molar-refractivity contribution is 5.86. The van der Waals surface area contributed by atoms with Crippen molar-refractivity contribution in [2.24, 2.45) is 5.92 Å². The number of ether oxygens (including phenoxy) is 3. The van der Waals surface area contributed by atoms with Crippen LogP contribution in [0.4, 0.5) is 0 Å². The standard InChI is InChI=1S/C33H46O5/c1-5-7-8-9-25-10-12-27(13-11-25)28-14-16-30(26(6-2)22-28)29-15-17-31(36-19-18-34)32(23-29)37-20-21-38-33(35)24(3)4/h14-17,22-23,25,27,34H,3,5-13,18-21H2,1-2,4H3. The first-order valence-electron chi connectivity index (χ1n) is 14.4. The van der Waals surface area contributed by atoms with Crippen LogP contribution in [-0.2, 0) is 16.0 Å². The zero-order chi connectivity index (χ0) is 27.3. The molecule has 0 heterocycles. The monoisotopic (exact) mass is 522 g/mol. The lowest BCUT2D eigenvalue weighted by molar-refractivity contribution is -0.139. The van der Waals surface area contributed by atoms with E-state index in [-0.39, 0.29) is 26.4 Å². The summed E-state index contributed by atoms with van der Waals surface area (Å²) in [6, 6.07) is 12.9. The lowest BCUT2D eigenvalue weighted by atomic mass is 9.76. The first-order valence-corrected chi connectivity index (χ1v) is 14.4.